The van der Waals surface area contributed by atoms with Crippen LogP contribution in [0.5, 0.6) is 0 Å². The van der Waals surface area contributed by atoms with Crippen molar-refractivity contribution in [1.82, 2.24) is 4.90 Å². The molecule has 0 amide bonds. The van der Waals surface area contributed by atoms with E-state index in [2.05, 4.69) is 4.90 Å². The monoisotopic (exact) mass is 232 g/mol. The van der Waals surface area contributed by atoms with Crippen molar-refractivity contribution in [3.05, 3.63) is 0 Å². The van der Waals surface area contributed by atoms with Crippen LogP contribution in [0.4, 0.5) is 0 Å². The van der Waals surface area contributed by atoms with E-state index in [1.54, 1.807) is 0 Å². The van der Waals surface area contributed by atoms with E-state index < -0.39 is 0 Å². The maximum absolute atomic E-state index is 6.06. The van der Waals surface area contributed by atoms with E-state index in [0.29, 0.717) is 12.1 Å². The average molecular weight is 233 g/mol. The minimum atomic E-state index is 0. The highest BCUT2D eigenvalue weighted by Crippen LogP contribution is 2.38. The standard InChI is InChI=1S/C11H20N2O.ClH/c12-8-5-9-1-2-10(6-8)13(9)11-3-4-14-7-11;/h8-11H,1-7,12H2;1H/t8?,9-,10+,11?;. The van der Waals surface area contributed by atoms with Gasteiger partial charge in [-0.2, -0.15) is 0 Å². The molecule has 3 fully saturated rings. The number of halogens is 1. The lowest BCUT2D eigenvalue weighted by atomic mass is 9.96. The highest BCUT2D eigenvalue weighted by Gasteiger charge is 2.43. The zero-order valence-corrected chi connectivity index (χ0v) is 9.92. The van der Waals surface area contributed by atoms with Gasteiger partial charge in [0, 0.05) is 30.8 Å². The topological polar surface area (TPSA) is 38.5 Å². The van der Waals surface area contributed by atoms with E-state index in [9.17, 15) is 0 Å². The molecule has 3 aliphatic heterocycles. The Morgan fingerprint density at radius 1 is 1.00 bits per heavy atom. The highest BCUT2D eigenvalue weighted by atomic mass is 35.5. The molecule has 4 atom stereocenters. The summed E-state index contributed by atoms with van der Waals surface area (Å²) in [5.41, 5.74) is 6.06. The number of piperidine rings is 1. The van der Waals surface area contributed by atoms with E-state index >= 15 is 0 Å². The van der Waals surface area contributed by atoms with Crippen molar-refractivity contribution in [3.8, 4) is 0 Å². The molecule has 3 rings (SSSR count). The number of nitrogens with zero attached hydrogens (tertiary/aromatic N) is 1. The summed E-state index contributed by atoms with van der Waals surface area (Å²) in [6, 6.07) is 2.72. The van der Waals surface area contributed by atoms with Crippen LogP contribution < -0.4 is 5.73 Å². The molecule has 0 aromatic rings. The number of ether oxygens (including phenoxy) is 1. The van der Waals surface area contributed by atoms with Gasteiger partial charge in [0.05, 0.1) is 6.61 Å². The fourth-order valence-corrected chi connectivity index (χ4v) is 3.61. The number of fused-ring (bicyclic) bond motifs is 2. The van der Waals surface area contributed by atoms with Gasteiger partial charge in [-0.15, -0.1) is 12.4 Å². The molecule has 3 aliphatic rings. The lowest BCUT2D eigenvalue weighted by molar-refractivity contribution is 0.0666. The van der Waals surface area contributed by atoms with E-state index in [1.807, 2.05) is 0 Å². The third kappa shape index (κ3) is 2.03. The summed E-state index contributed by atoms with van der Waals surface area (Å²) < 4.78 is 5.49. The Bertz CT molecular complexity index is 207. The quantitative estimate of drug-likeness (QED) is 0.737. The van der Waals surface area contributed by atoms with E-state index in [-0.39, 0.29) is 12.4 Å². The first-order chi connectivity index (χ1) is 6.84. The Morgan fingerprint density at radius 2 is 1.67 bits per heavy atom. The normalized spacial score (nSPS) is 45.4. The van der Waals surface area contributed by atoms with E-state index in [0.717, 1.165) is 25.3 Å². The van der Waals surface area contributed by atoms with Crippen LogP contribution in [-0.2, 0) is 4.74 Å². The van der Waals surface area contributed by atoms with Crippen LogP contribution in [0.3, 0.4) is 0 Å². The van der Waals surface area contributed by atoms with Crippen LogP contribution in [0.15, 0.2) is 0 Å². The molecule has 4 heteroatoms. The third-order valence-corrected chi connectivity index (χ3v) is 4.15. The van der Waals surface area contributed by atoms with Gasteiger partial charge in [-0.25, -0.2) is 0 Å². The van der Waals surface area contributed by atoms with Crippen LogP contribution in [0.2, 0.25) is 0 Å². The fourth-order valence-electron chi connectivity index (χ4n) is 3.61. The molecule has 3 nitrogen and oxygen atoms in total. The molecule has 88 valence electrons. The van der Waals surface area contributed by atoms with Gasteiger partial charge in [-0.1, -0.05) is 0 Å². The van der Waals surface area contributed by atoms with Crippen molar-refractivity contribution in [2.45, 2.75) is 56.3 Å². The van der Waals surface area contributed by atoms with Crippen molar-refractivity contribution >= 4 is 12.4 Å². The minimum Gasteiger partial charge on any atom is -0.380 e. The number of hydrogen-bond donors (Lipinski definition) is 1. The second-order valence-corrected chi connectivity index (χ2v) is 5.08. The summed E-state index contributed by atoms with van der Waals surface area (Å²) >= 11 is 0. The Kier molecular flexibility index (Phi) is 3.56. The van der Waals surface area contributed by atoms with Crippen LogP contribution in [0.1, 0.15) is 32.1 Å². The van der Waals surface area contributed by atoms with Gasteiger partial charge in [0.25, 0.3) is 0 Å². The maximum atomic E-state index is 6.06. The molecule has 15 heavy (non-hydrogen) atoms. The molecule has 3 heterocycles. The van der Waals surface area contributed by atoms with Crippen molar-refractivity contribution < 1.29 is 4.74 Å². The molecule has 2 unspecified atom stereocenters. The lowest BCUT2D eigenvalue weighted by Crippen LogP contribution is -2.52. The van der Waals surface area contributed by atoms with E-state index in [4.69, 9.17) is 10.5 Å². The molecular weight excluding hydrogens is 212 g/mol. The summed E-state index contributed by atoms with van der Waals surface area (Å²) in [6.07, 6.45) is 6.41. The molecule has 2 N–H and O–H groups in total. The van der Waals surface area contributed by atoms with Gasteiger partial charge >= 0.3 is 0 Å². The van der Waals surface area contributed by atoms with Crippen molar-refractivity contribution in [1.29, 1.82) is 0 Å². The first-order valence-electron chi connectivity index (χ1n) is 5.95. The van der Waals surface area contributed by atoms with Gasteiger partial charge in [0.15, 0.2) is 0 Å². The predicted octanol–water partition coefficient (Wildman–Crippen LogP) is 1.15. The van der Waals surface area contributed by atoms with Crippen LogP contribution in [0.25, 0.3) is 0 Å². The molecule has 0 spiro atoms. The molecule has 0 aliphatic carbocycles. The zero-order chi connectivity index (χ0) is 9.54. The molecule has 0 aromatic carbocycles. The van der Waals surface area contributed by atoms with Crippen LogP contribution in [-0.4, -0.2) is 42.3 Å². The Labute approximate surface area is 97.7 Å². The van der Waals surface area contributed by atoms with Crippen molar-refractivity contribution in [3.63, 3.8) is 0 Å². The lowest BCUT2D eigenvalue weighted by Gasteiger charge is -2.41. The highest BCUT2D eigenvalue weighted by molar-refractivity contribution is 5.85. The fraction of sp³-hybridized carbons (Fsp3) is 1.00. The molecule has 3 saturated heterocycles. The molecular formula is C11H21ClN2O. The van der Waals surface area contributed by atoms with Gasteiger partial charge in [-0.3, -0.25) is 4.90 Å². The van der Waals surface area contributed by atoms with Crippen LogP contribution >= 0.6 is 12.4 Å². The summed E-state index contributed by atoms with van der Waals surface area (Å²) in [6.45, 7) is 1.93. The molecule has 2 bridgehead atoms. The van der Waals surface area contributed by atoms with E-state index in [1.165, 1.54) is 32.1 Å². The Morgan fingerprint density at radius 3 is 2.20 bits per heavy atom. The summed E-state index contributed by atoms with van der Waals surface area (Å²) in [5.74, 6) is 0. The maximum Gasteiger partial charge on any atom is 0.0622 e. The smallest absolute Gasteiger partial charge is 0.0622 e. The van der Waals surface area contributed by atoms with Crippen molar-refractivity contribution in [2.24, 2.45) is 5.73 Å². The first-order valence-corrected chi connectivity index (χ1v) is 5.95. The second-order valence-electron chi connectivity index (χ2n) is 5.08. The first kappa shape index (κ1) is 11.6. The molecule has 0 radical (unpaired) electrons. The summed E-state index contributed by atoms with van der Waals surface area (Å²) in [7, 11) is 0. The third-order valence-electron chi connectivity index (χ3n) is 4.15. The summed E-state index contributed by atoms with van der Waals surface area (Å²) in [4.78, 5) is 2.73. The van der Waals surface area contributed by atoms with Gasteiger partial charge in [-0.05, 0) is 32.1 Å². The zero-order valence-electron chi connectivity index (χ0n) is 9.10. The van der Waals surface area contributed by atoms with Crippen molar-refractivity contribution in [2.75, 3.05) is 13.2 Å². The largest absolute Gasteiger partial charge is 0.380 e. The predicted molar refractivity (Wildman–Crippen MR) is 62.3 cm³/mol. The second kappa shape index (κ2) is 4.58. The van der Waals surface area contributed by atoms with Gasteiger partial charge in [0.1, 0.15) is 0 Å². The Balaban J connectivity index is 0.000000853. The number of rotatable bonds is 1. The number of nitrogens with two attached hydrogens (primary N) is 1. The minimum absolute atomic E-state index is 0. The Hall–Kier alpha value is 0.170. The molecule has 0 aromatic heterocycles. The summed E-state index contributed by atoms with van der Waals surface area (Å²) in [5, 5.41) is 0. The number of hydrogen-bond acceptors (Lipinski definition) is 3. The average Bonchev–Trinajstić information content (AvgIpc) is 2.72. The molecule has 0 saturated carbocycles. The SMILES string of the molecule is Cl.NC1C[C@H]2CC[C@@H](C1)N2C1CCOC1. The van der Waals surface area contributed by atoms with Gasteiger partial charge in [0.2, 0.25) is 0 Å². The van der Waals surface area contributed by atoms with Crippen LogP contribution in [0, 0.1) is 0 Å². The van der Waals surface area contributed by atoms with Gasteiger partial charge < -0.3 is 10.5 Å².